The summed E-state index contributed by atoms with van der Waals surface area (Å²) in [5.74, 6) is 0.542. The minimum absolute atomic E-state index is 0.0705. The lowest BCUT2D eigenvalue weighted by Gasteiger charge is -2.13. The van der Waals surface area contributed by atoms with Crippen LogP contribution < -0.4 is 4.74 Å². The second-order valence-corrected chi connectivity index (χ2v) is 7.31. The fourth-order valence-electron chi connectivity index (χ4n) is 2.17. The van der Waals surface area contributed by atoms with Gasteiger partial charge in [-0.15, -0.1) is 0 Å². The van der Waals surface area contributed by atoms with Crippen LogP contribution in [0.3, 0.4) is 0 Å². The number of hydrogen-bond donors (Lipinski definition) is 0. The Bertz CT molecular complexity index is 763. The fourth-order valence-corrected chi connectivity index (χ4v) is 2.81. The molecule has 0 fully saturated rings. The van der Waals surface area contributed by atoms with Gasteiger partial charge in [0.1, 0.15) is 15.6 Å². The van der Waals surface area contributed by atoms with Crippen LogP contribution in [0.2, 0.25) is 0 Å². The molecule has 0 heterocycles. The Kier molecular flexibility index (Phi) is 4.63. The first-order chi connectivity index (χ1) is 9.88. The zero-order valence-corrected chi connectivity index (χ0v) is 12.9. The Morgan fingerprint density at radius 3 is 2.52 bits per heavy atom. The van der Waals surface area contributed by atoms with Crippen LogP contribution >= 0.6 is 0 Å². The standard InChI is InChI=1S/C16H18O4S/c1-12(17)14-9-8-13-6-3-4-7-15(13)16(14)20-10-5-11-21(2,18)19/h3-4,6-9H,5,10-11H2,1-2H3. The van der Waals surface area contributed by atoms with Gasteiger partial charge in [0, 0.05) is 11.6 Å². The molecular weight excluding hydrogens is 288 g/mol. The lowest BCUT2D eigenvalue weighted by molar-refractivity contribution is 0.101. The molecule has 4 nitrogen and oxygen atoms in total. The summed E-state index contributed by atoms with van der Waals surface area (Å²) in [5.41, 5.74) is 0.521. The topological polar surface area (TPSA) is 60.4 Å². The third-order valence-corrected chi connectivity index (χ3v) is 4.20. The third-order valence-electron chi connectivity index (χ3n) is 3.16. The van der Waals surface area contributed by atoms with Crippen molar-refractivity contribution < 1.29 is 17.9 Å². The van der Waals surface area contributed by atoms with Crippen LogP contribution in [0, 0.1) is 0 Å². The van der Waals surface area contributed by atoms with Gasteiger partial charge in [0.15, 0.2) is 5.78 Å². The van der Waals surface area contributed by atoms with Crippen molar-refractivity contribution in [1.29, 1.82) is 0 Å². The highest BCUT2D eigenvalue weighted by molar-refractivity contribution is 7.90. The number of sulfone groups is 1. The van der Waals surface area contributed by atoms with Crippen molar-refractivity contribution >= 4 is 26.4 Å². The van der Waals surface area contributed by atoms with Crippen LogP contribution in [-0.2, 0) is 9.84 Å². The highest BCUT2D eigenvalue weighted by Gasteiger charge is 2.12. The predicted molar refractivity (Wildman–Crippen MR) is 83.8 cm³/mol. The number of ketones is 1. The molecule has 0 aliphatic heterocycles. The van der Waals surface area contributed by atoms with Crippen LogP contribution in [0.15, 0.2) is 36.4 Å². The van der Waals surface area contributed by atoms with E-state index in [2.05, 4.69) is 0 Å². The van der Waals surface area contributed by atoms with Crippen molar-refractivity contribution in [2.24, 2.45) is 0 Å². The van der Waals surface area contributed by atoms with Gasteiger partial charge < -0.3 is 4.74 Å². The number of benzene rings is 2. The average Bonchev–Trinajstić information content (AvgIpc) is 2.42. The Balaban J connectivity index is 2.27. The first-order valence-corrected chi connectivity index (χ1v) is 8.78. The third kappa shape index (κ3) is 4.04. The van der Waals surface area contributed by atoms with Crippen LogP contribution in [0.4, 0.5) is 0 Å². The van der Waals surface area contributed by atoms with Gasteiger partial charge in [-0.3, -0.25) is 4.79 Å². The lowest BCUT2D eigenvalue weighted by Crippen LogP contribution is -2.09. The minimum Gasteiger partial charge on any atom is -0.492 e. The van der Waals surface area contributed by atoms with E-state index in [9.17, 15) is 13.2 Å². The van der Waals surface area contributed by atoms with E-state index >= 15 is 0 Å². The van der Waals surface area contributed by atoms with Gasteiger partial charge in [0.25, 0.3) is 0 Å². The maximum Gasteiger partial charge on any atom is 0.163 e. The van der Waals surface area contributed by atoms with Gasteiger partial charge in [-0.1, -0.05) is 30.3 Å². The predicted octanol–water partition coefficient (Wildman–Crippen LogP) is 2.86. The molecule has 0 atom stereocenters. The van der Waals surface area contributed by atoms with Crippen molar-refractivity contribution in [2.45, 2.75) is 13.3 Å². The molecule has 0 radical (unpaired) electrons. The van der Waals surface area contributed by atoms with Crippen LogP contribution in [0.25, 0.3) is 10.8 Å². The molecule has 2 aromatic carbocycles. The van der Waals surface area contributed by atoms with Crippen molar-refractivity contribution in [3.05, 3.63) is 42.0 Å². The second kappa shape index (κ2) is 6.26. The molecule has 0 amide bonds. The monoisotopic (exact) mass is 306 g/mol. The molecule has 112 valence electrons. The quantitative estimate of drug-likeness (QED) is 0.608. The molecule has 0 unspecified atom stereocenters. The van der Waals surface area contributed by atoms with Gasteiger partial charge in [-0.05, 0) is 24.8 Å². The molecule has 21 heavy (non-hydrogen) atoms. The number of hydrogen-bond acceptors (Lipinski definition) is 4. The Labute approximate surface area is 124 Å². The van der Waals surface area contributed by atoms with E-state index < -0.39 is 9.84 Å². The summed E-state index contributed by atoms with van der Waals surface area (Å²) in [6, 6.07) is 11.3. The second-order valence-electron chi connectivity index (χ2n) is 5.05. The van der Waals surface area contributed by atoms with Crippen molar-refractivity contribution in [3.8, 4) is 5.75 Å². The smallest absolute Gasteiger partial charge is 0.163 e. The van der Waals surface area contributed by atoms with Crippen LogP contribution in [0.5, 0.6) is 5.75 Å². The summed E-state index contributed by atoms with van der Waals surface area (Å²) in [4.78, 5) is 11.7. The van der Waals surface area contributed by atoms with Gasteiger partial charge in [-0.2, -0.15) is 0 Å². The van der Waals surface area contributed by atoms with Crippen LogP contribution in [0.1, 0.15) is 23.7 Å². The van der Waals surface area contributed by atoms with Gasteiger partial charge in [0.05, 0.1) is 17.9 Å². The Morgan fingerprint density at radius 2 is 1.86 bits per heavy atom. The Hall–Kier alpha value is -1.88. The number of carbonyl (C=O) groups is 1. The molecular formula is C16H18O4S. The summed E-state index contributed by atoms with van der Waals surface area (Å²) in [7, 11) is -2.99. The zero-order chi connectivity index (χ0) is 15.5. The average molecular weight is 306 g/mol. The first kappa shape index (κ1) is 15.5. The molecule has 0 bridgehead atoms. The minimum atomic E-state index is -2.99. The van der Waals surface area contributed by atoms with E-state index in [1.165, 1.54) is 13.2 Å². The van der Waals surface area contributed by atoms with Gasteiger partial charge in [0.2, 0.25) is 0 Å². The lowest BCUT2D eigenvalue weighted by atomic mass is 10.0. The summed E-state index contributed by atoms with van der Waals surface area (Å²) >= 11 is 0. The number of rotatable bonds is 6. The van der Waals surface area contributed by atoms with E-state index in [0.29, 0.717) is 17.7 Å². The highest BCUT2D eigenvalue weighted by Crippen LogP contribution is 2.30. The van der Waals surface area contributed by atoms with Crippen molar-refractivity contribution in [2.75, 3.05) is 18.6 Å². The number of ether oxygens (including phenoxy) is 1. The first-order valence-electron chi connectivity index (χ1n) is 6.72. The van der Waals surface area contributed by atoms with E-state index in [0.717, 1.165) is 10.8 Å². The maximum atomic E-state index is 11.7. The molecule has 0 aromatic heterocycles. The largest absolute Gasteiger partial charge is 0.492 e. The van der Waals surface area contributed by atoms with E-state index in [1.807, 2.05) is 30.3 Å². The molecule has 0 saturated carbocycles. The molecule has 2 aromatic rings. The molecule has 2 rings (SSSR count). The summed E-state index contributed by atoms with van der Waals surface area (Å²) < 4.78 is 28.0. The number of Topliss-reactive ketones (excluding diaryl/α,β-unsaturated/α-hetero) is 1. The van der Waals surface area contributed by atoms with Crippen molar-refractivity contribution in [3.63, 3.8) is 0 Å². The van der Waals surface area contributed by atoms with Gasteiger partial charge in [-0.25, -0.2) is 8.42 Å². The van der Waals surface area contributed by atoms with Gasteiger partial charge >= 0.3 is 0 Å². The molecule has 0 aliphatic rings. The molecule has 0 spiro atoms. The van der Waals surface area contributed by atoms with E-state index in [4.69, 9.17) is 4.74 Å². The molecule has 0 saturated heterocycles. The molecule has 5 heteroatoms. The van der Waals surface area contributed by atoms with Crippen molar-refractivity contribution in [1.82, 2.24) is 0 Å². The summed E-state index contributed by atoms with van der Waals surface area (Å²) in [6.07, 6.45) is 1.60. The number of fused-ring (bicyclic) bond motifs is 1. The van der Waals surface area contributed by atoms with E-state index in [1.54, 1.807) is 6.07 Å². The maximum absolute atomic E-state index is 11.7. The van der Waals surface area contributed by atoms with Crippen LogP contribution in [-0.4, -0.2) is 32.8 Å². The molecule has 0 N–H and O–H groups in total. The zero-order valence-electron chi connectivity index (χ0n) is 12.1. The SMILES string of the molecule is CC(=O)c1ccc2ccccc2c1OCCCS(C)(=O)=O. The summed E-state index contributed by atoms with van der Waals surface area (Å²) in [6.45, 7) is 1.76. The normalized spacial score (nSPS) is 11.5. The summed E-state index contributed by atoms with van der Waals surface area (Å²) in [5, 5.41) is 1.85. The molecule has 0 aliphatic carbocycles. The Morgan fingerprint density at radius 1 is 1.14 bits per heavy atom. The van der Waals surface area contributed by atoms with E-state index in [-0.39, 0.29) is 18.1 Å². The highest BCUT2D eigenvalue weighted by atomic mass is 32.2. The number of carbonyl (C=O) groups excluding carboxylic acids is 1. The fraction of sp³-hybridized carbons (Fsp3) is 0.312.